The standard InChI is InChI=1S/C28H37F2O2/c1-2-3-4-5-6-7-8-18-31-25-15-12-22(13-16-25)21-32-26-11-9-10-23(19-26)27-17-14-24(29)20-28(27)30/h9-10,14,17,19-20,22,25H,2-8,12-13,15-16,18,21H2,1H3/t22-,25-. The quantitative estimate of drug-likeness (QED) is 0.291. The molecule has 1 fully saturated rings. The molecule has 0 saturated heterocycles. The van der Waals surface area contributed by atoms with E-state index < -0.39 is 11.6 Å². The van der Waals surface area contributed by atoms with Crippen molar-refractivity contribution >= 4 is 0 Å². The Morgan fingerprint density at radius 3 is 2.41 bits per heavy atom. The fourth-order valence-corrected chi connectivity index (χ4v) is 4.40. The van der Waals surface area contributed by atoms with E-state index in [1.54, 1.807) is 18.2 Å². The average Bonchev–Trinajstić information content (AvgIpc) is 2.80. The zero-order valence-electron chi connectivity index (χ0n) is 19.4. The summed E-state index contributed by atoms with van der Waals surface area (Å²) < 4.78 is 39.3. The Balaban J connectivity index is 1.33. The van der Waals surface area contributed by atoms with Crippen molar-refractivity contribution in [2.75, 3.05) is 13.2 Å². The predicted octanol–water partition coefficient (Wildman–Crippen LogP) is 8.14. The fourth-order valence-electron chi connectivity index (χ4n) is 4.40. The third-order valence-electron chi connectivity index (χ3n) is 6.39. The van der Waals surface area contributed by atoms with E-state index >= 15 is 0 Å². The minimum atomic E-state index is -0.577. The van der Waals surface area contributed by atoms with E-state index in [4.69, 9.17) is 9.47 Å². The molecule has 0 N–H and O–H groups in total. The minimum Gasteiger partial charge on any atom is -0.493 e. The van der Waals surface area contributed by atoms with Crippen molar-refractivity contribution in [1.82, 2.24) is 0 Å². The summed E-state index contributed by atoms with van der Waals surface area (Å²) in [5, 5.41) is 0. The van der Waals surface area contributed by atoms with E-state index in [1.165, 1.54) is 57.1 Å². The Bertz CT molecular complexity index is 800. The molecule has 2 nitrogen and oxygen atoms in total. The number of halogens is 2. The van der Waals surface area contributed by atoms with Crippen LogP contribution in [0.2, 0.25) is 0 Å². The molecule has 32 heavy (non-hydrogen) atoms. The zero-order valence-corrected chi connectivity index (χ0v) is 19.4. The van der Waals surface area contributed by atoms with Crippen LogP contribution < -0.4 is 4.74 Å². The molecule has 1 saturated carbocycles. The molecule has 0 aliphatic heterocycles. The average molecular weight is 444 g/mol. The van der Waals surface area contributed by atoms with Crippen LogP contribution in [0.15, 0.2) is 36.4 Å². The smallest absolute Gasteiger partial charge is 0.133 e. The van der Waals surface area contributed by atoms with E-state index in [2.05, 4.69) is 13.0 Å². The van der Waals surface area contributed by atoms with E-state index in [-0.39, 0.29) is 0 Å². The van der Waals surface area contributed by atoms with Crippen LogP contribution in [0.3, 0.4) is 0 Å². The lowest BCUT2D eigenvalue weighted by Crippen LogP contribution is -2.25. The van der Waals surface area contributed by atoms with Gasteiger partial charge in [-0.1, -0.05) is 51.5 Å². The van der Waals surface area contributed by atoms with Gasteiger partial charge in [-0.15, -0.1) is 0 Å². The summed E-state index contributed by atoms with van der Waals surface area (Å²) in [5.41, 5.74) is 1.03. The summed E-state index contributed by atoms with van der Waals surface area (Å²) >= 11 is 0. The van der Waals surface area contributed by atoms with Gasteiger partial charge in [-0.05, 0) is 67.9 Å². The van der Waals surface area contributed by atoms with Gasteiger partial charge >= 0.3 is 0 Å². The van der Waals surface area contributed by atoms with E-state index in [9.17, 15) is 8.78 Å². The lowest BCUT2D eigenvalue weighted by atomic mass is 9.88. The molecule has 2 aromatic carbocycles. The van der Waals surface area contributed by atoms with Crippen LogP contribution in [-0.2, 0) is 4.74 Å². The van der Waals surface area contributed by atoms with Gasteiger partial charge in [0, 0.05) is 24.3 Å². The van der Waals surface area contributed by atoms with Crippen molar-refractivity contribution in [2.45, 2.75) is 83.7 Å². The van der Waals surface area contributed by atoms with Crippen LogP contribution in [0.4, 0.5) is 8.78 Å². The Kier molecular flexibility index (Phi) is 10.5. The molecule has 0 unspecified atom stereocenters. The van der Waals surface area contributed by atoms with Gasteiger partial charge in [0.05, 0.1) is 12.7 Å². The summed E-state index contributed by atoms with van der Waals surface area (Å²) in [6.45, 7) is 3.78. The summed E-state index contributed by atoms with van der Waals surface area (Å²) in [6, 6.07) is 12.0. The molecule has 2 aromatic rings. The van der Waals surface area contributed by atoms with Crippen LogP contribution in [0, 0.1) is 23.6 Å². The summed E-state index contributed by atoms with van der Waals surface area (Å²) in [6.07, 6.45) is 14.0. The highest BCUT2D eigenvalue weighted by molar-refractivity contribution is 5.65. The Labute approximate surface area is 192 Å². The molecule has 0 bridgehead atoms. The SMILES string of the molecule is CCCCCCCCCO[C@H]1CC[C@H](COc2[c]ccc(-c3ccc(F)cc3F)c2)CC1. The first-order chi connectivity index (χ1) is 15.7. The second kappa shape index (κ2) is 13.6. The monoisotopic (exact) mass is 443 g/mol. The zero-order chi connectivity index (χ0) is 22.6. The van der Waals surface area contributed by atoms with E-state index in [1.807, 2.05) is 0 Å². The summed E-state index contributed by atoms with van der Waals surface area (Å²) in [4.78, 5) is 0. The molecule has 0 atom stereocenters. The van der Waals surface area contributed by atoms with Gasteiger partial charge in [0.25, 0.3) is 0 Å². The van der Waals surface area contributed by atoms with Crippen molar-refractivity contribution < 1.29 is 18.3 Å². The summed E-state index contributed by atoms with van der Waals surface area (Å²) in [7, 11) is 0. The maximum Gasteiger partial charge on any atom is 0.133 e. The van der Waals surface area contributed by atoms with Crippen molar-refractivity contribution in [1.29, 1.82) is 0 Å². The molecule has 0 spiro atoms. The van der Waals surface area contributed by atoms with Crippen LogP contribution in [0.5, 0.6) is 5.75 Å². The predicted molar refractivity (Wildman–Crippen MR) is 126 cm³/mol. The Morgan fingerprint density at radius 2 is 1.66 bits per heavy atom. The first-order valence-electron chi connectivity index (χ1n) is 12.4. The molecule has 1 aliphatic rings. The number of unbranched alkanes of at least 4 members (excludes halogenated alkanes) is 6. The molecule has 0 aromatic heterocycles. The molecular formula is C28H37F2O2. The van der Waals surface area contributed by atoms with Gasteiger partial charge in [-0.2, -0.15) is 0 Å². The molecule has 3 rings (SSSR count). The molecular weight excluding hydrogens is 406 g/mol. The van der Waals surface area contributed by atoms with Crippen LogP contribution in [0.1, 0.15) is 77.6 Å². The fraction of sp³-hybridized carbons (Fsp3) is 0.571. The maximum absolute atomic E-state index is 14.1. The first-order valence-corrected chi connectivity index (χ1v) is 12.4. The van der Waals surface area contributed by atoms with Crippen LogP contribution in [-0.4, -0.2) is 19.3 Å². The van der Waals surface area contributed by atoms with Gasteiger partial charge < -0.3 is 9.47 Å². The number of hydrogen-bond donors (Lipinski definition) is 0. The molecule has 1 aliphatic carbocycles. The normalized spacial score (nSPS) is 18.6. The van der Waals surface area contributed by atoms with Gasteiger partial charge in [0.2, 0.25) is 0 Å². The van der Waals surface area contributed by atoms with Crippen LogP contribution >= 0.6 is 0 Å². The summed E-state index contributed by atoms with van der Waals surface area (Å²) in [5.74, 6) is -0.0410. The molecule has 4 heteroatoms. The van der Waals surface area contributed by atoms with Crippen LogP contribution in [0.25, 0.3) is 11.1 Å². The van der Waals surface area contributed by atoms with Gasteiger partial charge in [-0.3, -0.25) is 0 Å². The lowest BCUT2D eigenvalue weighted by Gasteiger charge is -2.28. The van der Waals surface area contributed by atoms with E-state index in [0.29, 0.717) is 35.5 Å². The van der Waals surface area contributed by atoms with Gasteiger partial charge in [-0.25, -0.2) is 8.78 Å². The van der Waals surface area contributed by atoms with Crippen molar-refractivity contribution in [3.63, 3.8) is 0 Å². The Morgan fingerprint density at radius 1 is 0.906 bits per heavy atom. The number of ether oxygens (including phenoxy) is 2. The molecule has 1 radical (unpaired) electrons. The molecule has 175 valence electrons. The Hall–Kier alpha value is -1.94. The maximum atomic E-state index is 14.1. The van der Waals surface area contributed by atoms with Crippen molar-refractivity contribution in [3.05, 3.63) is 54.1 Å². The third kappa shape index (κ3) is 8.20. The van der Waals surface area contributed by atoms with Crippen molar-refractivity contribution in [3.8, 4) is 16.9 Å². The third-order valence-corrected chi connectivity index (χ3v) is 6.39. The highest BCUT2D eigenvalue weighted by Gasteiger charge is 2.22. The largest absolute Gasteiger partial charge is 0.493 e. The number of benzene rings is 2. The number of rotatable bonds is 13. The number of hydrogen-bond acceptors (Lipinski definition) is 2. The topological polar surface area (TPSA) is 18.5 Å². The van der Waals surface area contributed by atoms with Crippen molar-refractivity contribution in [2.24, 2.45) is 5.92 Å². The molecule has 0 heterocycles. The second-order valence-corrected chi connectivity index (χ2v) is 9.01. The highest BCUT2D eigenvalue weighted by atomic mass is 19.1. The van der Waals surface area contributed by atoms with E-state index in [0.717, 1.165) is 38.4 Å². The van der Waals surface area contributed by atoms with Gasteiger partial charge in [0.1, 0.15) is 17.4 Å². The lowest BCUT2D eigenvalue weighted by molar-refractivity contribution is 0.0110. The first kappa shape index (κ1) is 24.7. The molecule has 0 amide bonds. The highest BCUT2D eigenvalue weighted by Crippen LogP contribution is 2.29. The minimum absolute atomic E-state index is 0.365. The van der Waals surface area contributed by atoms with Gasteiger partial charge in [0.15, 0.2) is 0 Å². The second-order valence-electron chi connectivity index (χ2n) is 9.01.